The molecule has 1 aromatic rings. The summed E-state index contributed by atoms with van der Waals surface area (Å²) in [6.07, 6.45) is 8.52. The Morgan fingerprint density at radius 3 is 2.37 bits per heavy atom. The number of rotatable bonds is 5. The highest BCUT2D eigenvalue weighted by molar-refractivity contribution is 6.08. The molecule has 3 aliphatic rings. The fourth-order valence-corrected chi connectivity index (χ4v) is 5.90. The van der Waals surface area contributed by atoms with Crippen molar-refractivity contribution in [2.45, 2.75) is 103 Å². The molecule has 0 aromatic heterocycles. The van der Waals surface area contributed by atoms with Crippen LogP contribution in [0.4, 0.5) is 5.69 Å². The second-order valence-electron chi connectivity index (χ2n) is 10.6. The summed E-state index contributed by atoms with van der Waals surface area (Å²) in [7, 11) is 0. The van der Waals surface area contributed by atoms with Crippen LogP contribution in [0.3, 0.4) is 0 Å². The van der Waals surface area contributed by atoms with E-state index in [1.165, 1.54) is 36.8 Å². The van der Waals surface area contributed by atoms with Gasteiger partial charge in [-0.3, -0.25) is 9.69 Å². The highest BCUT2D eigenvalue weighted by Crippen LogP contribution is 2.45. The van der Waals surface area contributed by atoms with Crippen molar-refractivity contribution < 1.29 is 9.53 Å². The molecule has 166 valence electrons. The number of nitrogens with zero attached hydrogens (tertiary/aromatic N) is 2. The Labute approximate surface area is 183 Å². The lowest BCUT2D eigenvalue weighted by atomic mass is 9.79. The summed E-state index contributed by atoms with van der Waals surface area (Å²) in [4.78, 5) is 18.2. The van der Waals surface area contributed by atoms with Gasteiger partial charge in [0.15, 0.2) is 0 Å². The van der Waals surface area contributed by atoms with Crippen LogP contribution in [0, 0.1) is 6.92 Å². The minimum atomic E-state index is -0.414. The predicted octanol–water partition coefficient (Wildman–Crippen LogP) is 5.21. The van der Waals surface area contributed by atoms with Crippen molar-refractivity contribution in [2.24, 2.45) is 0 Å². The minimum Gasteiger partial charge on any atom is -0.378 e. The quantitative estimate of drug-likeness (QED) is 0.665. The first-order chi connectivity index (χ1) is 14.3. The number of fused-ring (bicyclic) bond motifs is 1. The standard InChI is InChI=1S/C26H40N2O2/c1-6-17-30-21-9-13-26(5,14-10-21)27-15-11-20(12-16-27)28-23-18-19(2)7-8-22(23)25(3,4)24(28)29/h7-8,18,20-21H,6,9-17H2,1-5H3/t21-,26-. The lowest BCUT2D eigenvalue weighted by Crippen LogP contribution is -2.56. The van der Waals surface area contributed by atoms with Gasteiger partial charge in [0.1, 0.15) is 0 Å². The molecule has 0 atom stereocenters. The molecule has 0 spiro atoms. The molecule has 4 nitrogen and oxygen atoms in total. The lowest BCUT2D eigenvalue weighted by Gasteiger charge is -2.49. The molecule has 4 rings (SSSR count). The SMILES string of the molecule is CCCO[C@H]1CC[C@](C)(N2CCC(N3C(=O)C(C)(C)c4ccc(C)cc43)CC2)CC1. The van der Waals surface area contributed by atoms with E-state index in [2.05, 4.69) is 62.6 Å². The molecule has 0 unspecified atom stereocenters. The monoisotopic (exact) mass is 412 g/mol. The third-order valence-electron chi connectivity index (χ3n) is 8.00. The number of aryl methyl sites for hydroxylation is 1. The van der Waals surface area contributed by atoms with E-state index in [4.69, 9.17) is 4.74 Å². The first kappa shape index (κ1) is 21.8. The van der Waals surface area contributed by atoms with Crippen molar-refractivity contribution in [3.63, 3.8) is 0 Å². The van der Waals surface area contributed by atoms with E-state index in [9.17, 15) is 4.79 Å². The molecule has 1 aliphatic carbocycles. The Balaban J connectivity index is 1.41. The lowest BCUT2D eigenvalue weighted by molar-refractivity contribution is -0.122. The number of ether oxygens (including phenoxy) is 1. The molecule has 0 bridgehead atoms. The highest BCUT2D eigenvalue weighted by Gasteiger charge is 2.47. The number of likely N-dealkylation sites (tertiary alicyclic amines) is 1. The Hall–Kier alpha value is -1.39. The molecule has 0 radical (unpaired) electrons. The summed E-state index contributed by atoms with van der Waals surface area (Å²) in [6, 6.07) is 6.84. The van der Waals surface area contributed by atoms with Crippen LogP contribution in [0.15, 0.2) is 18.2 Å². The van der Waals surface area contributed by atoms with Crippen LogP contribution in [-0.2, 0) is 14.9 Å². The van der Waals surface area contributed by atoms with Crippen LogP contribution >= 0.6 is 0 Å². The highest BCUT2D eigenvalue weighted by atomic mass is 16.5. The molecule has 2 aliphatic heterocycles. The van der Waals surface area contributed by atoms with Gasteiger partial charge < -0.3 is 9.64 Å². The van der Waals surface area contributed by atoms with Crippen molar-refractivity contribution in [1.82, 2.24) is 4.90 Å². The van der Waals surface area contributed by atoms with E-state index >= 15 is 0 Å². The molecule has 1 saturated carbocycles. The maximum absolute atomic E-state index is 13.4. The number of anilines is 1. The number of carbonyl (C=O) groups is 1. The van der Waals surface area contributed by atoms with E-state index in [-0.39, 0.29) is 5.91 Å². The van der Waals surface area contributed by atoms with Crippen molar-refractivity contribution in [3.05, 3.63) is 29.3 Å². The van der Waals surface area contributed by atoms with Crippen molar-refractivity contribution in [3.8, 4) is 0 Å². The number of hydrogen-bond donors (Lipinski definition) is 0. The number of benzene rings is 1. The average molecular weight is 413 g/mol. The molecule has 4 heteroatoms. The second kappa shape index (κ2) is 8.27. The smallest absolute Gasteiger partial charge is 0.237 e. The number of amides is 1. The van der Waals surface area contributed by atoms with E-state index in [1.54, 1.807) is 0 Å². The van der Waals surface area contributed by atoms with Crippen molar-refractivity contribution >= 4 is 11.6 Å². The molecule has 0 N–H and O–H groups in total. The molecule has 2 fully saturated rings. The Kier molecular flexibility index (Phi) is 6.02. The topological polar surface area (TPSA) is 32.8 Å². The van der Waals surface area contributed by atoms with Crippen LogP contribution in [0.1, 0.15) is 83.8 Å². The third kappa shape index (κ3) is 3.82. The summed E-state index contributed by atoms with van der Waals surface area (Å²) < 4.78 is 6.01. The summed E-state index contributed by atoms with van der Waals surface area (Å²) >= 11 is 0. The van der Waals surface area contributed by atoms with Crippen LogP contribution in [-0.4, -0.2) is 48.2 Å². The van der Waals surface area contributed by atoms with Crippen LogP contribution < -0.4 is 4.90 Å². The van der Waals surface area contributed by atoms with Gasteiger partial charge in [-0.25, -0.2) is 0 Å². The first-order valence-corrected chi connectivity index (χ1v) is 12.1. The Bertz CT molecular complexity index is 771. The maximum atomic E-state index is 13.4. The first-order valence-electron chi connectivity index (χ1n) is 12.1. The summed E-state index contributed by atoms with van der Waals surface area (Å²) in [5, 5.41) is 0. The molecule has 30 heavy (non-hydrogen) atoms. The summed E-state index contributed by atoms with van der Waals surface area (Å²) in [5.74, 6) is 0.279. The van der Waals surface area contributed by atoms with E-state index < -0.39 is 5.41 Å². The zero-order valence-corrected chi connectivity index (χ0v) is 19.7. The van der Waals surface area contributed by atoms with Gasteiger partial charge in [0.05, 0.1) is 11.5 Å². The van der Waals surface area contributed by atoms with E-state index in [0.29, 0.717) is 17.7 Å². The number of hydrogen-bond acceptors (Lipinski definition) is 3. The fraction of sp³-hybridized carbons (Fsp3) is 0.731. The van der Waals surface area contributed by atoms with Gasteiger partial charge in [-0.1, -0.05) is 19.1 Å². The molecule has 2 heterocycles. The van der Waals surface area contributed by atoms with Crippen molar-refractivity contribution in [2.75, 3.05) is 24.6 Å². The molecular formula is C26H40N2O2. The minimum absolute atomic E-state index is 0.279. The van der Waals surface area contributed by atoms with Crippen molar-refractivity contribution in [1.29, 1.82) is 0 Å². The van der Waals surface area contributed by atoms with Crippen LogP contribution in [0.25, 0.3) is 0 Å². The Morgan fingerprint density at radius 2 is 1.73 bits per heavy atom. The molecule has 1 saturated heterocycles. The van der Waals surface area contributed by atoms with E-state index in [1.807, 2.05) is 0 Å². The Morgan fingerprint density at radius 1 is 1.07 bits per heavy atom. The fourth-order valence-electron chi connectivity index (χ4n) is 5.90. The molecular weight excluding hydrogens is 372 g/mol. The zero-order valence-electron chi connectivity index (χ0n) is 19.7. The van der Waals surface area contributed by atoms with Gasteiger partial charge in [0, 0.05) is 37.0 Å². The van der Waals surface area contributed by atoms with Gasteiger partial charge in [-0.05, 0) is 89.8 Å². The molecule has 1 aromatic carbocycles. The third-order valence-corrected chi connectivity index (χ3v) is 8.00. The zero-order chi connectivity index (χ0) is 21.5. The largest absolute Gasteiger partial charge is 0.378 e. The molecule has 1 amide bonds. The van der Waals surface area contributed by atoms with Crippen LogP contribution in [0.2, 0.25) is 0 Å². The second-order valence-corrected chi connectivity index (χ2v) is 10.6. The normalized spacial score (nSPS) is 30.0. The average Bonchev–Trinajstić information content (AvgIpc) is 2.93. The van der Waals surface area contributed by atoms with Gasteiger partial charge in [0.2, 0.25) is 5.91 Å². The summed E-state index contributed by atoms with van der Waals surface area (Å²) in [5.41, 5.74) is 3.46. The van der Waals surface area contributed by atoms with Gasteiger partial charge in [-0.2, -0.15) is 0 Å². The van der Waals surface area contributed by atoms with E-state index in [0.717, 1.165) is 44.6 Å². The van der Waals surface area contributed by atoms with Crippen LogP contribution in [0.5, 0.6) is 0 Å². The van der Waals surface area contributed by atoms with Gasteiger partial charge >= 0.3 is 0 Å². The number of carbonyl (C=O) groups excluding carboxylic acids is 1. The number of piperidine rings is 1. The summed E-state index contributed by atoms with van der Waals surface area (Å²) in [6.45, 7) is 14.0. The van der Waals surface area contributed by atoms with Gasteiger partial charge in [0.25, 0.3) is 0 Å². The maximum Gasteiger partial charge on any atom is 0.237 e. The van der Waals surface area contributed by atoms with Gasteiger partial charge in [-0.15, -0.1) is 0 Å². The predicted molar refractivity (Wildman–Crippen MR) is 123 cm³/mol.